The lowest BCUT2D eigenvalue weighted by Gasteiger charge is -2.09. The van der Waals surface area contributed by atoms with Gasteiger partial charge in [0.15, 0.2) is 5.78 Å². The molecule has 8 heteroatoms. The van der Waals surface area contributed by atoms with Crippen molar-refractivity contribution in [2.75, 3.05) is 0 Å². The number of halogens is 3. The summed E-state index contributed by atoms with van der Waals surface area (Å²) in [6.45, 7) is 0. The summed E-state index contributed by atoms with van der Waals surface area (Å²) >= 11 is 0. The van der Waals surface area contributed by atoms with E-state index in [0.717, 1.165) is 0 Å². The molecule has 0 unspecified atom stereocenters. The van der Waals surface area contributed by atoms with Crippen LogP contribution in [-0.4, -0.2) is 15.7 Å². The number of pyridine rings is 1. The highest BCUT2D eigenvalue weighted by atomic mass is 19.4. The molecule has 0 aliphatic carbocycles. The number of rotatable bonds is 3. The summed E-state index contributed by atoms with van der Waals surface area (Å²) in [5, 5.41) is 10.9. The van der Waals surface area contributed by atoms with E-state index < -0.39 is 33.7 Å². The molecule has 0 aliphatic heterocycles. The Bertz CT molecular complexity index is 700. The van der Waals surface area contributed by atoms with E-state index in [0.29, 0.717) is 18.2 Å². The van der Waals surface area contributed by atoms with Crippen molar-refractivity contribution in [1.29, 1.82) is 0 Å². The Kier molecular flexibility index (Phi) is 3.70. The van der Waals surface area contributed by atoms with Crippen LogP contribution in [0.2, 0.25) is 0 Å². The molecule has 0 atom stereocenters. The molecule has 21 heavy (non-hydrogen) atoms. The number of nitro benzene ring substituents is 1. The number of carbonyl (C=O) groups is 1. The molecule has 1 heterocycles. The van der Waals surface area contributed by atoms with Crippen molar-refractivity contribution >= 4 is 11.5 Å². The first-order valence-corrected chi connectivity index (χ1v) is 5.61. The van der Waals surface area contributed by atoms with Crippen molar-refractivity contribution in [1.82, 2.24) is 4.98 Å². The molecule has 0 saturated carbocycles. The van der Waals surface area contributed by atoms with Gasteiger partial charge in [-0.25, -0.2) is 0 Å². The van der Waals surface area contributed by atoms with Crippen LogP contribution in [-0.2, 0) is 6.18 Å². The third kappa shape index (κ3) is 3.04. The van der Waals surface area contributed by atoms with Gasteiger partial charge in [-0.1, -0.05) is 0 Å². The summed E-state index contributed by atoms with van der Waals surface area (Å²) in [7, 11) is 0. The van der Waals surface area contributed by atoms with Gasteiger partial charge in [0.05, 0.1) is 10.5 Å². The molecule has 0 saturated heterocycles. The highest BCUT2D eigenvalue weighted by Gasteiger charge is 2.33. The van der Waals surface area contributed by atoms with Crippen molar-refractivity contribution in [2.24, 2.45) is 0 Å². The topological polar surface area (TPSA) is 73.1 Å². The molecular formula is C13H7F3N2O3. The molecule has 0 spiro atoms. The molecule has 0 fully saturated rings. The Morgan fingerprint density at radius 3 is 2.29 bits per heavy atom. The van der Waals surface area contributed by atoms with Crippen LogP contribution < -0.4 is 0 Å². The van der Waals surface area contributed by atoms with Gasteiger partial charge in [0.2, 0.25) is 0 Å². The lowest BCUT2D eigenvalue weighted by Crippen LogP contribution is -2.10. The van der Waals surface area contributed by atoms with Crippen LogP contribution in [0.15, 0.2) is 42.7 Å². The molecule has 1 aromatic heterocycles. The zero-order chi connectivity index (χ0) is 15.6. The fourth-order valence-corrected chi connectivity index (χ4v) is 1.71. The molecule has 0 aliphatic rings. The Balaban J connectivity index is 2.59. The summed E-state index contributed by atoms with van der Waals surface area (Å²) in [5.41, 5.74) is -2.39. The second kappa shape index (κ2) is 5.31. The minimum atomic E-state index is -4.69. The molecule has 108 valence electrons. The second-order valence-corrected chi connectivity index (χ2v) is 4.05. The van der Waals surface area contributed by atoms with Gasteiger partial charge in [0.25, 0.3) is 5.69 Å². The number of nitrogens with zero attached hydrogens (tertiary/aromatic N) is 2. The minimum Gasteiger partial charge on any atom is -0.288 e. The zero-order valence-corrected chi connectivity index (χ0v) is 10.3. The SMILES string of the molecule is O=C(c1ccncc1)c1cc(C(F)(F)F)ccc1[N+](=O)[O-]. The fraction of sp³-hybridized carbons (Fsp3) is 0.0769. The van der Waals surface area contributed by atoms with Crippen molar-refractivity contribution < 1.29 is 22.9 Å². The van der Waals surface area contributed by atoms with Gasteiger partial charge < -0.3 is 0 Å². The van der Waals surface area contributed by atoms with Gasteiger partial charge in [-0.2, -0.15) is 13.2 Å². The van der Waals surface area contributed by atoms with Crippen LogP contribution in [0.1, 0.15) is 21.5 Å². The number of carbonyl (C=O) groups excluding carboxylic acids is 1. The Hall–Kier alpha value is -2.77. The van der Waals surface area contributed by atoms with E-state index in [-0.39, 0.29) is 5.56 Å². The lowest BCUT2D eigenvalue weighted by molar-refractivity contribution is -0.385. The first-order valence-electron chi connectivity index (χ1n) is 5.61. The number of alkyl halides is 3. The predicted octanol–water partition coefficient (Wildman–Crippen LogP) is 3.24. The van der Waals surface area contributed by atoms with E-state index in [9.17, 15) is 28.1 Å². The van der Waals surface area contributed by atoms with Gasteiger partial charge in [-0.05, 0) is 24.3 Å². The molecule has 0 bridgehead atoms. The lowest BCUT2D eigenvalue weighted by atomic mass is 10.00. The molecule has 1 aromatic carbocycles. The fourth-order valence-electron chi connectivity index (χ4n) is 1.71. The maximum Gasteiger partial charge on any atom is 0.416 e. The maximum absolute atomic E-state index is 12.7. The van der Waals surface area contributed by atoms with Gasteiger partial charge in [0, 0.05) is 24.0 Å². The van der Waals surface area contributed by atoms with Crippen molar-refractivity contribution in [3.8, 4) is 0 Å². The van der Waals surface area contributed by atoms with E-state index in [1.165, 1.54) is 24.5 Å². The summed E-state index contributed by atoms with van der Waals surface area (Å²) in [4.78, 5) is 25.8. The predicted molar refractivity (Wildman–Crippen MR) is 65.8 cm³/mol. The molecule has 2 rings (SSSR count). The van der Waals surface area contributed by atoms with Crippen molar-refractivity contribution in [3.05, 3.63) is 69.5 Å². The molecule has 0 radical (unpaired) electrons. The summed E-state index contributed by atoms with van der Waals surface area (Å²) in [6.07, 6.45) is -2.15. The minimum absolute atomic E-state index is 0.0208. The van der Waals surface area contributed by atoms with Gasteiger partial charge in [0.1, 0.15) is 5.56 Å². The zero-order valence-electron chi connectivity index (χ0n) is 10.3. The summed E-state index contributed by atoms with van der Waals surface area (Å²) in [6, 6.07) is 4.28. The highest BCUT2D eigenvalue weighted by molar-refractivity contribution is 6.11. The maximum atomic E-state index is 12.7. The van der Waals surface area contributed by atoms with E-state index in [1.54, 1.807) is 0 Å². The molecule has 5 nitrogen and oxygen atoms in total. The van der Waals surface area contributed by atoms with Gasteiger partial charge in [-0.15, -0.1) is 0 Å². The average Bonchev–Trinajstić information content (AvgIpc) is 2.45. The van der Waals surface area contributed by atoms with E-state index in [4.69, 9.17) is 0 Å². The van der Waals surface area contributed by atoms with Crippen LogP contribution in [0.3, 0.4) is 0 Å². The van der Waals surface area contributed by atoms with Crippen LogP contribution >= 0.6 is 0 Å². The number of benzene rings is 1. The van der Waals surface area contributed by atoms with Gasteiger partial charge >= 0.3 is 6.18 Å². The summed E-state index contributed by atoms with van der Waals surface area (Å²) in [5.74, 6) is -0.866. The van der Waals surface area contributed by atoms with Crippen LogP contribution in [0, 0.1) is 10.1 Å². The van der Waals surface area contributed by atoms with Crippen molar-refractivity contribution in [3.63, 3.8) is 0 Å². The standard InChI is InChI=1S/C13H7F3N2O3/c14-13(15,16)9-1-2-11(18(20)21)10(7-9)12(19)8-3-5-17-6-4-8/h1-7H. The third-order valence-corrected chi connectivity index (χ3v) is 2.71. The monoisotopic (exact) mass is 296 g/mol. The number of ketones is 1. The van der Waals surface area contributed by atoms with Crippen LogP contribution in [0.4, 0.5) is 18.9 Å². The molecule has 2 aromatic rings. The smallest absolute Gasteiger partial charge is 0.288 e. The van der Waals surface area contributed by atoms with E-state index in [2.05, 4.69) is 4.98 Å². The summed E-state index contributed by atoms with van der Waals surface area (Å²) < 4.78 is 38.0. The Labute approximate surface area is 116 Å². The number of nitro groups is 1. The normalized spacial score (nSPS) is 11.2. The van der Waals surface area contributed by atoms with Gasteiger partial charge in [-0.3, -0.25) is 19.9 Å². The largest absolute Gasteiger partial charge is 0.416 e. The highest BCUT2D eigenvalue weighted by Crippen LogP contribution is 2.33. The second-order valence-electron chi connectivity index (χ2n) is 4.05. The number of hydrogen-bond donors (Lipinski definition) is 0. The quantitative estimate of drug-likeness (QED) is 0.495. The van der Waals surface area contributed by atoms with E-state index in [1.807, 2.05) is 0 Å². The Morgan fingerprint density at radius 1 is 1.14 bits per heavy atom. The molecular weight excluding hydrogens is 289 g/mol. The molecule has 0 N–H and O–H groups in total. The Morgan fingerprint density at radius 2 is 1.76 bits per heavy atom. The average molecular weight is 296 g/mol. The van der Waals surface area contributed by atoms with Crippen LogP contribution in [0.25, 0.3) is 0 Å². The first-order chi connectivity index (χ1) is 9.80. The van der Waals surface area contributed by atoms with E-state index >= 15 is 0 Å². The first kappa shape index (κ1) is 14.6. The third-order valence-electron chi connectivity index (χ3n) is 2.71. The van der Waals surface area contributed by atoms with Crippen molar-refractivity contribution in [2.45, 2.75) is 6.18 Å². The van der Waals surface area contributed by atoms with Crippen LogP contribution in [0.5, 0.6) is 0 Å². The number of aromatic nitrogens is 1. The molecule has 0 amide bonds. The number of hydrogen-bond acceptors (Lipinski definition) is 4.